The maximum Gasteiger partial charge on any atom is -1.00 e. The quantitative estimate of drug-likeness (QED) is 0.567. The van der Waals surface area contributed by atoms with Gasteiger partial charge in [-0.15, -0.1) is 0 Å². The molecule has 0 saturated carbocycles. The van der Waals surface area contributed by atoms with E-state index in [1.165, 1.54) is 0 Å². The minimum Gasteiger partial charge on any atom is -1.00 e. The number of allylic oxidation sites excluding steroid dienone is 8. The third kappa shape index (κ3) is 2.58. The molecule has 0 spiro atoms. The smallest absolute Gasteiger partial charge is 1.00 e. The van der Waals surface area contributed by atoms with E-state index in [2.05, 4.69) is 52.0 Å². The second kappa shape index (κ2) is 5.94. The van der Waals surface area contributed by atoms with E-state index in [4.69, 9.17) is 0 Å². The van der Waals surface area contributed by atoms with Gasteiger partial charge in [0.1, 0.15) is 0 Å². The Morgan fingerprint density at radius 2 is 1.21 bits per heavy atom. The summed E-state index contributed by atoms with van der Waals surface area (Å²) in [4.78, 5) is 0. The van der Waals surface area contributed by atoms with Crippen LogP contribution < -0.4 is 24.8 Å². The van der Waals surface area contributed by atoms with Gasteiger partial charge in [-0.2, -0.15) is 0 Å². The maximum absolute atomic E-state index is 2.42. The molecule has 0 N–H and O–H groups in total. The normalized spacial score (nSPS) is 28.8. The Bertz CT molecular complexity index is 451. The van der Waals surface area contributed by atoms with Gasteiger partial charge in [-0.1, -0.05) is 0 Å². The third-order valence-corrected chi connectivity index (χ3v) is 13.0. The molecule has 19 heavy (non-hydrogen) atoms. The van der Waals surface area contributed by atoms with Gasteiger partial charge in [0.25, 0.3) is 0 Å². The van der Waals surface area contributed by atoms with Crippen molar-refractivity contribution in [1.82, 2.24) is 0 Å². The fraction of sp³-hybridized carbons (Fsp3) is 0.500. The molecule has 0 amide bonds. The summed E-state index contributed by atoms with van der Waals surface area (Å²) < 4.78 is 6.90. The minimum atomic E-state index is -1.78. The molecule has 1 saturated heterocycles. The second-order valence-electron chi connectivity index (χ2n) is 6.07. The van der Waals surface area contributed by atoms with Crippen LogP contribution in [-0.4, -0.2) is 0 Å². The van der Waals surface area contributed by atoms with Crippen LogP contribution in [0.3, 0.4) is 0 Å². The molecule has 0 aromatic carbocycles. The van der Waals surface area contributed by atoms with Crippen molar-refractivity contribution in [2.75, 3.05) is 0 Å². The van der Waals surface area contributed by atoms with Crippen molar-refractivity contribution in [2.24, 2.45) is 11.8 Å². The summed E-state index contributed by atoms with van der Waals surface area (Å²) in [6.07, 6.45) is 9.57. The minimum absolute atomic E-state index is 0. The van der Waals surface area contributed by atoms with Gasteiger partial charge >= 0.3 is 109 Å². The average Bonchev–Trinajstić information content (AvgIpc) is 2.87. The molecule has 3 aliphatic rings. The predicted octanol–water partition coefficient (Wildman–Crippen LogP) is -1.04. The SMILES string of the molecule is CC1=[C]([Ti+2]2([C]3=C(C)C=CC3C)[CH2][CH2]2)C(C)C=C1.[Cl-].[Cl-]. The maximum atomic E-state index is 2.42. The van der Waals surface area contributed by atoms with Crippen molar-refractivity contribution in [2.45, 2.75) is 37.1 Å². The van der Waals surface area contributed by atoms with E-state index in [9.17, 15) is 0 Å². The van der Waals surface area contributed by atoms with Gasteiger partial charge in [0.05, 0.1) is 0 Å². The van der Waals surface area contributed by atoms with Crippen LogP contribution in [0.2, 0.25) is 9.45 Å². The predicted molar refractivity (Wildman–Crippen MR) is 71.6 cm³/mol. The first kappa shape index (κ1) is 17.3. The summed E-state index contributed by atoms with van der Waals surface area (Å²) in [5.74, 6) is 1.45. The van der Waals surface area contributed by atoms with E-state index in [-0.39, 0.29) is 24.8 Å². The van der Waals surface area contributed by atoms with Gasteiger partial charge in [-0.25, -0.2) is 0 Å². The van der Waals surface area contributed by atoms with Gasteiger partial charge in [0.15, 0.2) is 0 Å². The summed E-state index contributed by atoms with van der Waals surface area (Å²) in [6, 6.07) is 0. The van der Waals surface area contributed by atoms with Crippen LogP contribution in [0, 0.1) is 11.8 Å². The molecule has 1 aliphatic heterocycles. The van der Waals surface area contributed by atoms with Crippen molar-refractivity contribution in [3.63, 3.8) is 0 Å². The Morgan fingerprint density at radius 3 is 1.42 bits per heavy atom. The molecule has 1 heterocycles. The van der Waals surface area contributed by atoms with E-state index < -0.39 is 16.6 Å². The van der Waals surface area contributed by atoms with Crippen LogP contribution in [0.1, 0.15) is 27.7 Å². The van der Waals surface area contributed by atoms with Crippen molar-refractivity contribution >= 4 is 0 Å². The van der Waals surface area contributed by atoms with Crippen molar-refractivity contribution < 1.29 is 41.4 Å². The molecule has 0 radical (unpaired) electrons. The van der Waals surface area contributed by atoms with Gasteiger partial charge in [0.2, 0.25) is 0 Å². The summed E-state index contributed by atoms with van der Waals surface area (Å²) in [6.45, 7) is 9.47. The second-order valence-corrected chi connectivity index (χ2v) is 12.7. The van der Waals surface area contributed by atoms with Crippen molar-refractivity contribution in [3.8, 4) is 0 Å². The van der Waals surface area contributed by atoms with Crippen LogP contribution in [-0.2, 0) is 16.6 Å². The van der Waals surface area contributed by atoms with Crippen LogP contribution in [0.25, 0.3) is 0 Å². The molecule has 2 aliphatic carbocycles. The molecule has 2 atom stereocenters. The zero-order valence-electron chi connectivity index (χ0n) is 12.1. The molecular formula is C16H22Cl2Ti. The first-order chi connectivity index (χ1) is 8.06. The molecule has 3 heteroatoms. The molecule has 0 nitrogen and oxygen atoms in total. The number of halogens is 2. The summed E-state index contributed by atoms with van der Waals surface area (Å²) >= 11 is -1.78. The first-order valence-corrected chi connectivity index (χ1v) is 10.6. The van der Waals surface area contributed by atoms with E-state index in [1.807, 2.05) is 7.76 Å². The molecule has 104 valence electrons. The number of hydrogen-bond acceptors (Lipinski definition) is 0. The number of hydrogen-bond donors (Lipinski definition) is 0. The van der Waals surface area contributed by atoms with Crippen molar-refractivity contribution in [3.05, 3.63) is 43.2 Å². The molecule has 3 rings (SSSR count). The standard InChI is InChI=1S/2C7H9.C2H4.2ClH.Ti/c2*1-6-3-4-7(2)5-6;1-2;;;/h2*3-4,6H,1-2H3;1-2H2;2*1H;/q;;;;;+2/p-2. The van der Waals surface area contributed by atoms with Crippen molar-refractivity contribution in [1.29, 1.82) is 0 Å². The van der Waals surface area contributed by atoms with E-state index >= 15 is 0 Å². The zero-order valence-corrected chi connectivity index (χ0v) is 15.2. The zero-order chi connectivity index (χ0) is 12.2. The Balaban J connectivity index is 0.000000902. The fourth-order valence-corrected chi connectivity index (χ4v) is 13.9. The molecule has 2 unspecified atom stereocenters. The third-order valence-electron chi connectivity index (χ3n) is 4.81. The van der Waals surface area contributed by atoms with Crippen LogP contribution in [0.4, 0.5) is 0 Å². The largest absolute Gasteiger partial charge is 1.00 e. The molecule has 1 fully saturated rings. The van der Waals surface area contributed by atoms with E-state index in [0.717, 1.165) is 11.8 Å². The summed E-state index contributed by atoms with van der Waals surface area (Å²) in [7, 11) is 0. The monoisotopic (exact) mass is 332 g/mol. The molecule has 0 aromatic rings. The Morgan fingerprint density at radius 1 is 0.842 bits per heavy atom. The van der Waals surface area contributed by atoms with E-state index in [1.54, 1.807) is 20.6 Å². The Hall–Kier alpha value is 0.254. The topological polar surface area (TPSA) is 0 Å². The van der Waals surface area contributed by atoms with Crippen LogP contribution in [0.5, 0.6) is 0 Å². The van der Waals surface area contributed by atoms with Gasteiger partial charge in [0, 0.05) is 0 Å². The average molecular weight is 333 g/mol. The summed E-state index contributed by atoms with van der Waals surface area (Å²) in [5.41, 5.74) is 3.21. The van der Waals surface area contributed by atoms with E-state index in [0.29, 0.717) is 0 Å². The van der Waals surface area contributed by atoms with Gasteiger partial charge in [-0.05, 0) is 0 Å². The first-order valence-electron chi connectivity index (χ1n) is 6.85. The number of rotatable bonds is 2. The summed E-state index contributed by atoms with van der Waals surface area (Å²) in [5, 5.41) is 0. The van der Waals surface area contributed by atoms with Crippen LogP contribution >= 0.6 is 0 Å². The molecule has 0 bridgehead atoms. The van der Waals surface area contributed by atoms with Crippen LogP contribution in [0.15, 0.2) is 43.2 Å². The van der Waals surface area contributed by atoms with Gasteiger partial charge < -0.3 is 24.8 Å². The Kier molecular flexibility index (Phi) is 5.41. The fourth-order valence-electron chi connectivity index (χ4n) is 4.10. The van der Waals surface area contributed by atoms with Gasteiger partial charge in [-0.3, -0.25) is 0 Å². The molecule has 0 aromatic heterocycles. The Labute approximate surface area is 133 Å². The molecular weight excluding hydrogens is 311 g/mol.